The summed E-state index contributed by atoms with van der Waals surface area (Å²) in [6.07, 6.45) is 7.02. The smallest absolute Gasteiger partial charge is 0.188 e. The number of carbonyl (C=O) groups excluding carboxylic acids is 1. The minimum absolute atomic E-state index is 0.109. The van der Waals surface area contributed by atoms with Crippen LogP contribution < -0.4 is 4.74 Å². The summed E-state index contributed by atoms with van der Waals surface area (Å²) >= 11 is 0. The zero-order chi connectivity index (χ0) is 20.1. The van der Waals surface area contributed by atoms with E-state index in [1.165, 1.54) is 0 Å². The zero-order valence-corrected chi connectivity index (χ0v) is 16.0. The Bertz CT molecular complexity index is 1220. The van der Waals surface area contributed by atoms with Crippen LogP contribution in [0.5, 0.6) is 5.75 Å². The molecule has 1 aromatic heterocycles. The normalized spacial score (nSPS) is 11.5. The second-order valence-corrected chi connectivity index (χ2v) is 6.50. The highest BCUT2D eigenvalue weighted by Gasteiger charge is 2.08. The number of aromatic nitrogens is 1. The van der Waals surface area contributed by atoms with Crippen LogP contribution in [-0.4, -0.2) is 24.1 Å². The van der Waals surface area contributed by atoms with Gasteiger partial charge < -0.3 is 9.72 Å². The van der Waals surface area contributed by atoms with E-state index in [-0.39, 0.29) is 5.78 Å². The molecule has 142 valence electrons. The quantitative estimate of drug-likeness (QED) is 0.260. The summed E-state index contributed by atoms with van der Waals surface area (Å²) < 4.78 is 5.33. The molecule has 0 atom stereocenters. The zero-order valence-electron chi connectivity index (χ0n) is 16.0. The van der Waals surface area contributed by atoms with Crippen LogP contribution in [0.4, 0.5) is 5.69 Å². The van der Waals surface area contributed by atoms with Gasteiger partial charge in [0, 0.05) is 40.0 Å². The van der Waals surface area contributed by atoms with Crippen molar-refractivity contribution >= 4 is 34.7 Å². The first-order valence-corrected chi connectivity index (χ1v) is 9.31. The lowest BCUT2D eigenvalue weighted by molar-refractivity contribution is 0.104. The van der Waals surface area contributed by atoms with Gasteiger partial charge in [-0.05, 0) is 36.4 Å². The molecule has 4 heteroatoms. The number of para-hydroxylation sites is 3. The monoisotopic (exact) mass is 380 g/mol. The van der Waals surface area contributed by atoms with Crippen LogP contribution in [0, 0.1) is 0 Å². The molecule has 0 saturated heterocycles. The number of benzene rings is 3. The average Bonchev–Trinajstić information content (AvgIpc) is 3.19. The number of methoxy groups -OCH3 is 1. The maximum Gasteiger partial charge on any atom is 0.188 e. The Labute approximate surface area is 169 Å². The molecule has 3 aromatic carbocycles. The van der Waals surface area contributed by atoms with E-state index in [4.69, 9.17) is 4.74 Å². The molecular formula is C25H20N2O2. The molecule has 0 saturated carbocycles. The van der Waals surface area contributed by atoms with Gasteiger partial charge in [0.05, 0.1) is 12.8 Å². The van der Waals surface area contributed by atoms with Gasteiger partial charge in [-0.3, -0.25) is 9.79 Å². The summed E-state index contributed by atoms with van der Waals surface area (Å²) in [6.45, 7) is 0. The molecule has 1 N–H and O–H groups in total. The fourth-order valence-electron chi connectivity index (χ4n) is 3.19. The number of fused-ring (bicyclic) bond motifs is 1. The van der Waals surface area contributed by atoms with E-state index >= 15 is 0 Å². The summed E-state index contributed by atoms with van der Waals surface area (Å²) in [5.41, 5.74) is 4.07. The third-order valence-corrected chi connectivity index (χ3v) is 4.69. The molecule has 29 heavy (non-hydrogen) atoms. The van der Waals surface area contributed by atoms with Gasteiger partial charge >= 0.3 is 0 Å². The summed E-state index contributed by atoms with van der Waals surface area (Å²) in [7, 11) is 1.61. The summed E-state index contributed by atoms with van der Waals surface area (Å²) in [6, 6.07) is 23.0. The lowest BCUT2D eigenvalue weighted by Gasteiger charge is -2.04. The fraction of sp³-hybridized carbons (Fsp3) is 0.0400. The highest BCUT2D eigenvalue weighted by atomic mass is 16.5. The standard InChI is InChI=1S/C25H20N2O2/c1-29-25-13-7-2-8-18(25)14-15-24(28)21-10-4-6-12-23(21)27-17-19-16-26-22-11-5-3-9-20(19)22/h2-17,26H,1H3/b15-14-,27-17?. The van der Waals surface area contributed by atoms with Crippen molar-refractivity contribution in [1.29, 1.82) is 0 Å². The van der Waals surface area contributed by atoms with Crippen molar-refractivity contribution in [2.45, 2.75) is 0 Å². The third kappa shape index (κ3) is 4.01. The van der Waals surface area contributed by atoms with Gasteiger partial charge in [0.1, 0.15) is 5.75 Å². The van der Waals surface area contributed by atoms with E-state index in [1.54, 1.807) is 31.5 Å². The SMILES string of the molecule is COc1ccccc1/C=C\C(=O)c1ccccc1N=Cc1c[nH]c2ccccc12. The second-order valence-electron chi connectivity index (χ2n) is 6.50. The maximum atomic E-state index is 12.8. The van der Waals surface area contributed by atoms with Gasteiger partial charge in [-0.25, -0.2) is 0 Å². The third-order valence-electron chi connectivity index (χ3n) is 4.69. The van der Waals surface area contributed by atoms with Gasteiger partial charge in [-0.1, -0.05) is 48.5 Å². The Morgan fingerprint density at radius 1 is 0.931 bits per heavy atom. The van der Waals surface area contributed by atoms with Crippen LogP contribution in [-0.2, 0) is 0 Å². The van der Waals surface area contributed by atoms with Crippen LogP contribution in [0.2, 0.25) is 0 Å². The van der Waals surface area contributed by atoms with Crippen molar-refractivity contribution in [3.8, 4) is 5.75 Å². The molecule has 0 aliphatic heterocycles. The molecular weight excluding hydrogens is 360 g/mol. The Morgan fingerprint density at radius 3 is 2.59 bits per heavy atom. The van der Waals surface area contributed by atoms with Crippen LogP contribution in [0.15, 0.2) is 90.1 Å². The Hall–Kier alpha value is -3.92. The van der Waals surface area contributed by atoms with E-state index < -0.39 is 0 Å². The lowest BCUT2D eigenvalue weighted by atomic mass is 10.1. The van der Waals surface area contributed by atoms with E-state index in [0.717, 1.165) is 27.8 Å². The predicted molar refractivity (Wildman–Crippen MR) is 118 cm³/mol. The molecule has 4 aromatic rings. The van der Waals surface area contributed by atoms with Crippen molar-refractivity contribution in [3.05, 3.63) is 102 Å². The summed E-state index contributed by atoms with van der Waals surface area (Å²) in [5, 5.41) is 1.09. The number of nitrogens with zero attached hydrogens (tertiary/aromatic N) is 1. The van der Waals surface area contributed by atoms with E-state index in [1.807, 2.05) is 72.9 Å². The number of aliphatic imine (C=N–C) groups is 1. The van der Waals surface area contributed by atoms with Crippen LogP contribution in [0.1, 0.15) is 21.5 Å². The molecule has 0 amide bonds. The number of rotatable bonds is 6. The van der Waals surface area contributed by atoms with Crippen molar-refractivity contribution in [2.75, 3.05) is 7.11 Å². The first-order valence-electron chi connectivity index (χ1n) is 9.31. The van der Waals surface area contributed by atoms with E-state index in [0.29, 0.717) is 11.3 Å². The molecule has 0 aliphatic rings. The largest absolute Gasteiger partial charge is 0.496 e. The molecule has 0 aliphatic carbocycles. The molecule has 4 nitrogen and oxygen atoms in total. The molecule has 0 bridgehead atoms. The maximum absolute atomic E-state index is 12.8. The van der Waals surface area contributed by atoms with Crippen LogP contribution in [0.25, 0.3) is 17.0 Å². The first kappa shape index (κ1) is 18.4. The first-order chi connectivity index (χ1) is 14.3. The highest BCUT2D eigenvalue weighted by molar-refractivity contribution is 6.10. The second kappa shape index (κ2) is 8.40. The lowest BCUT2D eigenvalue weighted by Crippen LogP contribution is -1.95. The number of allylic oxidation sites excluding steroid dienone is 1. The average molecular weight is 380 g/mol. The van der Waals surface area contributed by atoms with Gasteiger partial charge in [0.15, 0.2) is 5.78 Å². The minimum atomic E-state index is -0.109. The van der Waals surface area contributed by atoms with Gasteiger partial charge in [0.25, 0.3) is 0 Å². The molecule has 1 heterocycles. The highest BCUT2D eigenvalue weighted by Crippen LogP contribution is 2.23. The molecule has 0 spiro atoms. The Kier molecular flexibility index (Phi) is 5.34. The molecule has 0 radical (unpaired) electrons. The number of nitrogens with one attached hydrogen (secondary N) is 1. The van der Waals surface area contributed by atoms with Crippen LogP contribution >= 0.6 is 0 Å². The van der Waals surface area contributed by atoms with Crippen LogP contribution in [0.3, 0.4) is 0 Å². The number of H-pyrrole nitrogens is 1. The minimum Gasteiger partial charge on any atom is -0.496 e. The van der Waals surface area contributed by atoms with Crippen molar-refractivity contribution in [1.82, 2.24) is 4.98 Å². The molecule has 0 unspecified atom stereocenters. The molecule has 4 rings (SSSR count). The number of ketones is 1. The van der Waals surface area contributed by atoms with Gasteiger partial charge in [0.2, 0.25) is 0 Å². The Morgan fingerprint density at radius 2 is 1.69 bits per heavy atom. The van der Waals surface area contributed by atoms with E-state index in [9.17, 15) is 4.79 Å². The number of ether oxygens (including phenoxy) is 1. The Balaban J connectivity index is 1.61. The number of hydrogen-bond donors (Lipinski definition) is 1. The van der Waals surface area contributed by atoms with Gasteiger partial charge in [-0.2, -0.15) is 0 Å². The number of hydrogen-bond acceptors (Lipinski definition) is 3. The van der Waals surface area contributed by atoms with E-state index in [2.05, 4.69) is 9.98 Å². The van der Waals surface area contributed by atoms with Crippen molar-refractivity contribution in [3.63, 3.8) is 0 Å². The van der Waals surface area contributed by atoms with Gasteiger partial charge in [-0.15, -0.1) is 0 Å². The number of aromatic amines is 1. The van der Waals surface area contributed by atoms with Crippen molar-refractivity contribution in [2.24, 2.45) is 4.99 Å². The summed E-state index contributed by atoms with van der Waals surface area (Å²) in [4.78, 5) is 20.6. The number of carbonyl (C=O) groups is 1. The predicted octanol–water partition coefficient (Wildman–Crippen LogP) is 5.82. The molecule has 0 fully saturated rings. The fourth-order valence-corrected chi connectivity index (χ4v) is 3.19. The van der Waals surface area contributed by atoms with Crippen molar-refractivity contribution < 1.29 is 9.53 Å². The summed E-state index contributed by atoms with van der Waals surface area (Å²) in [5.74, 6) is 0.616. The topological polar surface area (TPSA) is 54.4 Å².